The second kappa shape index (κ2) is 4.12. The van der Waals surface area contributed by atoms with E-state index in [1.807, 2.05) is 0 Å². The van der Waals surface area contributed by atoms with Gasteiger partial charge in [-0.15, -0.1) is 0 Å². The lowest BCUT2D eigenvalue weighted by molar-refractivity contribution is 0.202. The molecule has 1 aromatic carbocycles. The molecule has 1 aromatic rings. The molecule has 1 unspecified atom stereocenters. The van der Waals surface area contributed by atoms with Crippen LogP contribution in [0.2, 0.25) is 0 Å². The summed E-state index contributed by atoms with van der Waals surface area (Å²) in [7, 11) is 1.28. The van der Waals surface area contributed by atoms with Gasteiger partial charge in [-0.05, 0) is 6.92 Å². The summed E-state index contributed by atoms with van der Waals surface area (Å²) in [6.07, 6.45) is 0. The van der Waals surface area contributed by atoms with Gasteiger partial charge in [0.1, 0.15) is 17.4 Å². The summed E-state index contributed by atoms with van der Waals surface area (Å²) in [4.78, 5) is 0. The highest BCUT2D eigenvalue weighted by Crippen LogP contribution is 2.31. The van der Waals surface area contributed by atoms with E-state index >= 15 is 0 Å². The Bertz CT molecular complexity index is 367. The second-order valence-corrected chi connectivity index (χ2v) is 3.54. The van der Waals surface area contributed by atoms with E-state index in [9.17, 15) is 8.78 Å². The van der Waals surface area contributed by atoms with Crippen LogP contribution in [0.5, 0.6) is 5.75 Å². The predicted molar refractivity (Wildman–Crippen MR) is 51.5 cm³/mol. The van der Waals surface area contributed by atoms with Gasteiger partial charge in [0.15, 0.2) is 0 Å². The first-order valence-electron chi connectivity index (χ1n) is 4.35. The van der Waals surface area contributed by atoms with Crippen LogP contribution in [0.1, 0.15) is 12.5 Å². The first-order chi connectivity index (χ1) is 6.92. The van der Waals surface area contributed by atoms with E-state index in [4.69, 9.17) is 15.6 Å². The lowest BCUT2D eigenvalue weighted by Gasteiger charge is -2.25. The topological polar surface area (TPSA) is 55.5 Å². The maximum atomic E-state index is 13.5. The Hall–Kier alpha value is -1.20. The number of aliphatic hydroxyl groups is 1. The molecule has 0 saturated carbocycles. The highest BCUT2D eigenvalue weighted by atomic mass is 19.1. The molecule has 0 saturated heterocycles. The molecule has 0 aliphatic carbocycles. The SMILES string of the molecule is COc1cc(F)cc(F)c1C(C)(N)CO. The van der Waals surface area contributed by atoms with Gasteiger partial charge in [-0.25, -0.2) is 8.78 Å². The molecular formula is C10H13F2NO2. The molecule has 0 heterocycles. The van der Waals surface area contributed by atoms with Gasteiger partial charge >= 0.3 is 0 Å². The molecule has 0 aromatic heterocycles. The van der Waals surface area contributed by atoms with E-state index in [-0.39, 0.29) is 11.3 Å². The Morgan fingerprint density at radius 1 is 1.47 bits per heavy atom. The van der Waals surface area contributed by atoms with Crippen molar-refractivity contribution in [3.63, 3.8) is 0 Å². The number of hydrogen-bond acceptors (Lipinski definition) is 3. The normalized spacial score (nSPS) is 14.8. The number of aliphatic hydroxyl groups excluding tert-OH is 1. The third-order valence-corrected chi connectivity index (χ3v) is 2.14. The van der Waals surface area contributed by atoms with Crippen LogP contribution in [0.3, 0.4) is 0 Å². The summed E-state index contributed by atoms with van der Waals surface area (Å²) in [5.41, 5.74) is 4.34. The van der Waals surface area contributed by atoms with E-state index in [0.29, 0.717) is 6.07 Å². The molecule has 0 aliphatic rings. The molecule has 0 amide bonds. The largest absolute Gasteiger partial charge is 0.496 e. The van der Waals surface area contributed by atoms with Gasteiger partial charge in [-0.1, -0.05) is 0 Å². The number of rotatable bonds is 3. The van der Waals surface area contributed by atoms with Crippen LogP contribution in [0.4, 0.5) is 8.78 Å². The van der Waals surface area contributed by atoms with Crippen molar-refractivity contribution in [2.24, 2.45) is 5.73 Å². The Balaban J connectivity index is 3.39. The van der Waals surface area contributed by atoms with Crippen molar-refractivity contribution in [3.8, 4) is 5.75 Å². The summed E-state index contributed by atoms with van der Waals surface area (Å²) in [6.45, 7) is 0.970. The van der Waals surface area contributed by atoms with Crippen LogP contribution in [-0.4, -0.2) is 18.8 Å². The minimum Gasteiger partial charge on any atom is -0.496 e. The highest BCUT2D eigenvalue weighted by Gasteiger charge is 2.28. The third-order valence-electron chi connectivity index (χ3n) is 2.14. The van der Waals surface area contributed by atoms with Crippen molar-refractivity contribution in [1.29, 1.82) is 0 Å². The summed E-state index contributed by atoms with van der Waals surface area (Å²) >= 11 is 0. The quantitative estimate of drug-likeness (QED) is 0.798. The highest BCUT2D eigenvalue weighted by molar-refractivity contribution is 5.40. The zero-order valence-corrected chi connectivity index (χ0v) is 8.55. The molecule has 0 aliphatic heterocycles. The third kappa shape index (κ3) is 2.24. The van der Waals surface area contributed by atoms with Gasteiger partial charge in [0.25, 0.3) is 0 Å². The van der Waals surface area contributed by atoms with Gasteiger partial charge in [0.2, 0.25) is 0 Å². The zero-order valence-electron chi connectivity index (χ0n) is 8.55. The van der Waals surface area contributed by atoms with Crippen LogP contribution in [0, 0.1) is 11.6 Å². The molecule has 0 fully saturated rings. The fourth-order valence-corrected chi connectivity index (χ4v) is 1.34. The molecule has 0 radical (unpaired) electrons. The average molecular weight is 217 g/mol. The van der Waals surface area contributed by atoms with Crippen molar-refractivity contribution in [2.45, 2.75) is 12.5 Å². The fraction of sp³-hybridized carbons (Fsp3) is 0.400. The van der Waals surface area contributed by atoms with Crippen LogP contribution >= 0.6 is 0 Å². The Kier molecular flexibility index (Phi) is 3.26. The molecule has 0 spiro atoms. The number of methoxy groups -OCH3 is 1. The summed E-state index contributed by atoms with van der Waals surface area (Å²) in [5.74, 6) is -1.58. The average Bonchev–Trinajstić information content (AvgIpc) is 2.15. The number of hydrogen-bond donors (Lipinski definition) is 2. The maximum Gasteiger partial charge on any atom is 0.134 e. The molecular weight excluding hydrogens is 204 g/mol. The molecule has 84 valence electrons. The van der Waals surface area contributed by atoms with E-state index in [1.165, 1.54) is 14.0 Å². The number of halogens is 2. The number of ether oxygens (including phenoxy) is 1. The van der Waals surface area contributed by atoms with Crippen molar-refractivity contribution in [2.75, 3.05) is 13.7 Å². The fourth-order valence-electron chi connectivity index (χ4n) is 1.34. The maximum absolute atomic E-state index is 13.5. The van der Waals surface area contributed by atoms with Crippen molar-refractivity contribution in [1.82, 2.24) is 0 Å². The molecule has 15 heavy (non-hydrogen) atoms. The number of nitrogens with two attached hydrogens (primary N) is 1. The van der Waals surface area contributed by atoms with Gasteiger partial charge in [-0.3, -0.25) is 0 Å². The van der Waals surface area contributed by atoms with Crippen molar-refractivity contribution < 1.29 is 18.6 Å². The standard InChI is InChI=1S/C10H13F2NO2/c1-10(13,5-14)9-7(12)3-6(11)4-8(9)15-2/h3-4,14H,5,13H2,1-2H3. The minimum absolute atomic E-state index is 0.00782. The van der Waals surface area contributed by atoms with Crippen LogP contribution in [0.15, 0.2) is 12.1 Å². The van der Waals surface area contributed by atoms with Crippen molar-refractivity contribution in [3.05, 3.63) is 29.3 Å². The van der Waals surface area contributed by atoms with E-state index in [0.717, 1.165) is 6.07 Å². The van der Waals surface area contributed by atoms with E-state index in [2.05, 4.69) is 0 Å². The summed E-state index contributed by atoms with van der Waals surface area (Å²) in [6, 6.07) is 1.73. The first-order valence-corrected chi connectivity index (χ1v) is 4.35. The van der Waals surface area contributed by atoms with Gasteiger partial charge in [-0.2, -0.15) is 0 Å². The Morgan fingerprint density at radius 2 is 2.07 bits per heavy atom. The Morgan fingerprint density at radius 3 is 2.53 bits per heavy atom. The second-order valence-electron chi connectivity index (χ2n) is 3.54. The summed E-state index contributed by atoms with van der Waals surface area (Å²) in [5, 5.41) is 9.02. The lowest BCUT2D eigenvalue weighted by atomic mass is 9.92. The van der Waals surface area contributed by atoms with Gasteiger partial charge in [0.05, 0.1) is 24.8 Å². The van der Waals surface area contributed by atoms with Gasteiger partial charge < -0.3 is 15.6 Å². The monoisotopic (exact) mass is 217 g/mol. The zero-order chi connectivity index (χ0) is 11.6. The lowest BCUT2D eigenvalue weighted by Crippen LogP contribution is -2.38. The van der Waals surface area contributed by atoms with Crippen molar-refractivity contribution >= 4 is 0 Å². The molecule has 1 rings (SSSR count). The molecule has 1 atom stereocenters. The molecule has 3 nitrogen and oxygen atoms in total. The Labute approximate surface area is 86.5 Å². The molecule has 0 bridgehead atoms. The smallest absolute Gasteiger partial charge is 0.134 e. The predicted octanol–water partition coefficient (Wildman–Crippen LogP) is 1.14. The summed E-state index contributed by atoms with van der Waals surface area (Å²) < 4.78 is 31.2. The van der Waals surface area contributed by atoms with E-state index < -0.39 is 23.8 Å². The molecule has 5 heteroatoms. The van der Waals surface area contributed by atoms with Crippen LogP contribution < -0.4 is 10.5 Å². The van der Waals surface area contributed by atoms with E-state index in [1.54, 1.807) is 0 Å². The van der Waals surface area contributed by atoms with Crippen LogP contribution in [-0.2, 0) is 5.54 Å². The number of benzene rings is 1. The van der Waals surface area contributed by atoms with Crippen LogP contribution in [0.25, 0.3) is 0 Å². The minimum atomic E-state index is -1.30. The first kappa shape index (κ1) is 11.9. The van der Waals surface area contributed by atoms with Gasteiger partial charge in [0, 0.05) is 12.1 Å². The molecule has 3 N–H and O–H groups in total.